The van der Waals surface area contributed by atoms with Gasteiger partial charge in [-0.1, -0.05) is 91.0 Å². The van der Waals surface area contributed by atoms with Crippen LogP contribution in [0.2, 0.25) is 0 Å². The highest BCUT2D eigenvalue weighted by Crippen LogP contribution is 2.11. The summed E-state index contributed by atoms with van der Waals surface area (Å²) in [4.78, 5) is 38.0. The van der Waals surface area contributed by atoms with E-state index in [2.05, 4.69) is 10.6 Å². The van der Waals surface area contributed by atoms with Crippen LogP contribution in [0.3, 0.4) is 0 Å². The van der Waals surface area contributed by atoms with Crippen molar-refractivity contribution in [2.24, 2.45) is 0 Å². The van der Waals surface area contributed by atoms with Gasteiger partial charge in [-0.25, -0.2) is 9.59 Å². The maximum absolute atomic E-state index is 13.5. The smallest absolute Gasteiger partial charge is 0.408 e. The number of benzene rings is 3. The van der Waals surface area contributed by atoms with Crippen molar-refractivity contribution in [1.29, 1.82) is 0 Å². The Morgan fingerprint density at radius 2 is 1.38 bits per heavy atom. The van der Waals surface area contributed by atoms with Crippen molar-refractivity contribution in [2.75, 3.05) is 6.61 Å². The molecule has 8 heteroatoms. The molecule has 0 heterocycles. The average Bonchev–Trinajstić information content (AvgIpc) is 2.98. The van der Waals surface area contributed by atoms with Gasteiger partial charge in [0.25, 0.3) is 0 Å². The Labute approximate surface area is 235 Å². The van der Waals surface area contributed by atoms with Crippen LogP contribution in [-0.2, 0) is 38.5 Å². The van der Waals surface area contributed by atoms with Crippen molar-refractivity contribution in [3.63, 3.8) is 0 Å². The third-order valence-electron chi connectivity index (χ3n) is 6.15. The zero-order valence-corrected chi connectivity index (χ0v) is 22.6. The van der Waals surface area contributed by atoms with Gasteiger partial charge in [-0.15, -0.1) is 0 Å². The van der Waals surface area contributed by atoms with Gasteiger partial charge in [-0.05, 0) is 42.5 Å². The van der Waals surface area contributed by atoms with E-state index in [0.29, 0.717) is 12.8 Å². The molecule has 2 amide bonds. The summed E-state index contributed by atoms with van der Waals surface area (Å²) >= 11 is 0. The van der Waals surface area contributed by atoms with Gasteiger partial charge < -0.3 is 25.2 Å². The highest BCUT2D eigenvalue weighted by Gasteiger charge is 2.27. The summed E-state index contributed by atoms with van der Waals surface area (Å²) in [6.07, 6.45) is 1.74. The molecule has 0 unspecified atom stereocenters. The molecule has 0 aliphatic rings. The van der Waals surface area contributed by atoms with Gasteiger partial charge in [0.15, 0.2) is 0 Å². The molecule has 0 bridgehead atoms. The molecule has 0 aromatic heterocycles. The number of aryl methyl sites for hydroxylation is 1. The van der Waals surface area contributed by atoms with Crippen LogP contribution >= 0.6 is 0 Å². The molecule has 0 aliphatic carbocycles. The lowest BCUT2D eigenvalue weighted by Gasteiger charge is -2.26. The molecule has 3 N–H and O–H groups in total. The van der Waals surface area contributed by atoms with Crippen LogP contribution in [0.15, 0.2) is 103 Å². The predicted octanol–water partition coefficient (Wildman–Crippen LogP) is 4.12. The first-order valence-corrected chi connectivity index (χ1v) is 13.3. The lowest BCUT2D eigenvalue weighted by atomic mass is 9.99. The molecule has 3 aromatic carbocycles. The normalized spacial score (nSPS) is 13.2. The van der Waals surface area contributed by atoms with Gasteiger partial charge >= 0.3 is 12.1 Å². The zero-order valence-electron chi connectivity index (χ0n) is 22.6. The monoisotopic (exact) mass is 544 g/mol. The van der Waals surface area contributed by atoms with E-state index in [9.17, 15) is 19.5 Å². The number of hydrogen-bond donors (Lipinski definition) is 3. The minimum Gasteiger partial charge on any atom is -0.463 e. The number of esters is 1. The average molecular weight is 545 g/mol. The second-order valence-corrected chi connectivity index (χ2v) is 9.19. The Morgan fingerprint density at radius 3 is 1.98 bits per heavy atom. The van der Waals surface area contributed by atoms with E-state index in [4.69, 9.17) is 9.47 Å². The Morgan fingerprint density at radius 1 is 0.800 bits per heavy atom. The first-order chi connectivity index (χ1) is 19.4. The fourth-order valence-corrected chi connectivity index (χ4v) is 4.05. The van der Waals surface area contributed by atoms with Crippen LogP contribution < -0.4 is 10.6 Å². The molecule has 0 spiro atoms. The van der Waals surface area contributed by atoms with Crippen LogP contribution in [0.25, 0.3) is 0 Å². The maximum atomic E-state index is 13.5. The highest BCUT2D eigenvalue weighted by molar-refractivity contribution is 5.86. The summed E-state index contributed by atoms with van der Waals surface area (Å²) in [5, 5.41) is 16.4. The predicted molar refractivity (Wildman–Crippen MR) is 152 cm³/mol. The number of aliphatic hydroxyl groups excluding tert-OH is 1. The zero-order chi connectivity index (χ0) is 28.6. The van der Waals surface area contributed by atoms with Gasteiger partial charge in [0, 0.05) is 12.5 Å². The molecular formula is C32H36N2O6. The number of carbonyl (C=O) groups excluding carboxylic acids is 3. The second kappa shape index (κ2) is 16.5. The number of aliphatic hydroxyl groups is 1. The van der Waals surface area contributed by atoms with Crippen LogP contribution in [0.1, 0.15) is 30.0 Å². The first-order valence-electron chi connectivity index (χ1n) is 13.3. The summed E-state index contributed by atoms with van der Waals surface area (Å²) in [5.41, 5.74) is 2.69. The highest BCUT2D eigenvalue weighted by atomic mass is 16.5. The molecule has 0 saturated heterocycles. The van der Waals surface area contributed by atoms with Crippen molar-refractivity contribution < 1.29 is 29.0 Å². The van der Waals surface area contributed by atoms with Gasteiger partial charge in [0.05, 0.1) is 18.8 Å². The van der Waals surface area contributed by atoms with Gasteiger partial charge in [-0.3, -0.25) is 4.79 Å². The molecule has 0 saturated carbocycles. The fourth-order valence-electron chi connectivity index (χ4n) is 4.05. The molecule has 0 aliphatic heterocycles. The van der Waals surface area contributed by atoms with Gasteiger partial charge in [-0.2, -0.15) is 0 Å². The number of rotatable bonds is 14. The van der Waals surface area contributed by atoms with Crippen LogP contribution in [0.4, 0.5) is 4.79 Å². The van der Waals surface area contributed by atoms with E-state index in [1.807, 2.05) is 91.0 Å². The van der Waals surface area contributed by atoms with E-state index in [1.54, 1.807) is 6.92 Å². The molecule has 3 atom stereocenters. The molecular weight excluding hydrogens is 508 g/mol. The molecule has 3 aromatic rings. The summed E-state index contributed by atoms with van der Waals surface area (Å²) in [7, 11) is 0. The number of carbonyl (C=O) groups is 3. The number of alkyl carbamates (subject to hydrolysis) is 1. The van der Waals surface area contributed by atoms with Crippen LogP contribution in [-0.4, -0.2) is 47.9 Å². The SMILES string of the molecule is CCOC(=O)C=C[C@H](O)[C@H](CCc1ccccc1)NC(=O)[C@H](Cc1ccccc1)NC(=O)OCc1ccccc1. The summed E-state index contributed by atoms with van der Waals surface area (Å²) < 4.78 is 10.3. The number of amides is 2. The second-order valence-electron chi connectivity index (χ2n) is 9.19. The Bertz CT molecular complexity index is 1220. The third kappa shape index (κ3) is 10.7. The quantitative estimate of drug-likeness (QED) is 0.208. The summed E-state index contributed by atoms with van der Waals surface area (Å²) in [6, 6.07) is 26.5. The first kappa shape index (κ1) is 30.1. The lowest BCUT2D eigenvalue weighted by molar-refractivity contribution is -0.137. The van der Waals surface area contributed by atoms with E-state index >= 15 is 0 Å². The van der Waals surface area contributed by atoms with Crippen LogP contribution in [0, 0.1) is 0 Å². The van der Waals surface area contributed by atoms with E-state index in [1.165, 1.54) is 6.08 Å². The van der Waals surface area contributed by atoms with Gasteiger partial charge in [0.1, 0.15) is 12.6 Å². The maximum Gasteiger partial charge on any atom is 0.408 e. The van der Waals surface area contributed by atoms with Crippen molar-refractivity contribution in [3.8, 4) is 0 Å². The summed E-state index contributed by atoms with van der Waals surface area (Å²) in [6.45, 7) is 1.96. The minimum atomic E-state index is -1.17. The minimum absolute atomic E-state index is 0.0589. The molecule has 3 rings (SSSR count). The molecule has 210 valence electrons. The largest absolute Gasteiger partial charge is 0.463 e. The van der Waals surface area contributed by atoms with Crippen LogP contribution in [0.5, 0.6) is 0 Å². The standard InChI is InChI=1S/C32H36N2O6/c1-2-39-30(36)21-20-29(35)27(19-18-24-12-6-3-7-13-24)33-31(37)28(22-25-14-8-4-9-15-25)34-32(38)40-23-26-16-10-5-11-17-26/h3-17,20-21,27-29,35H,2,18-19,22-23H2,1H3,(H,33,37)(H,34,38)/t27-,28-,29-/m0/s1. The summed E-state index contributed by atoms with van der Waals surface area (Å²) in [5.74, 6) is -1.07. The van der Waals surface area contributed by atoms with E-state index < -0.39 is 36.2 Å². The fraction of sp³-hybridized carbons (Fsp3) is 0.281. The molecule has 0 fully saturated rings. The van der Waals surface area contributed by atoms with E-state index in [0.717, 1.165) is 22.8 Å². The van der Waals surface area contributed by atoms with E-state index in [-0.39, 0.29) is 19.6 Å². The Balaban J connectivity index is 1.73. The number of hydrogen-bond acceptors (Lipinski definition) is 6. The number of nitrogens with one attached hydrogen (secondary N) is 2. The topological polar surface area (TPSA) is 114 Å². The molecule has 0 radical (unpaired) electrons. The third-order valence-corrected chi connectivity index (χ3v) is 6.15. The lowest BCUT2D eigenvalue weighted by Crippen LogP contribution is -2.53. The van der Waals surface area contributed by atoms with Crippen molar-refractivity contribution >= 4 is 18.0 Å². The van der Waals surface area contributed by atoms with Gasteiger partial charge in [0.2, 0.25) is 5.91 Å². The Kier molecular flexibility index (Phi) is 12.4. The van der Waals surface area contributed by atoms with Crippen molar-refractivity contribution in [1.82, 2.24) is 10.6 Å². The molecule has 8 nitrogen and oxygen atoms in total. The van der Waals surface area contributed by atoms with Crippen molar-refractivity contribution in [2.45, 2.75) is 51.0 Å². The molecule has 40 heavy (non-hydrogen) atoms. The van der Waals surface area contributed by atoms with Crippen molar-refractivity contribution in [3.05, 3.63) is 120 Å². The number of ether oxygens (including phenoxy) is 2. The Hall–Kier alpha value is -4.43.